The number of quaternary nitrogens is 1. The van der Waals surface area contributed by atoms with Crippen LogP contribution in [0.1, 0.15) is 67.6 Å². The highest BCUT2D eigenvalue weighted by Gasteiger charge is 2.56. The number of piperidine rings is 1. The second-order valence-electron chi connectivity index (χ2n) is 11.6. The molecule has 2 aromatic rings. The van der Waals surface area contributed by atoms with Crippen molar-refractivity contribution in [1.29, 1.82) is 0 Å². The van der Waals surface area contributed by atoms with Gasteiger partial charge in [-0.3, -0.25) is 4.79 Å². The molecule has 3 aliphatic heterocycles. The number of nitrogens with zero attached hydrogens (tertiary/aromatic N) is 1. The minimum Gasteiger partial charge on any atom is -0.380 e. The molecule has 4 atom stereocenters. The van der Waals surface area contributed by atoms with E-state index in [2.05, 4.69) is 46.6 Å². The van der Waals surface area contributed by atoms with Gasteiger partial charge in [-0.25, -0.2) is 4.39 Å². The number of amides is 1. The first-order chi connectivity index (χ1) is 18.2. The summed E-state index contributed by atoms with van der Waals surface area (Å²) in [6, 6.07) is 16.3. The number of carbonyl (C=O) groups excluding carboxylic acids is 1. The van der Waals surface area contributed by atoms with Gasteiger partial charge in [-0.1, -0.05) is 60.5 Å². The molecule has 4 unspecified atom stereocenters. The van der Waals surface area contributed by atoms with Crippen molar-refractivity contribution in [2.24, 2.45) is 5.92 Å². The van der Waals surface area contributed by atoms with E-state index in [1.165, 1.54) is 30.4 Å². The summed E-state index contributed by atoms with van der Waals surface area (Å²) in [6.45, 7) is 3.14. The van der Waals surface area contributed by atoms with Crippen molar-refractivity contribution in [2.45, 2.75) is 68.7 Å². The predicted molar refractivity (Wildman–Crippen MR) is 143 cm³/mol. The van der Waals surface area contributed by atoms with Crippen LogP contribution in [0, 0.1) is 11.7 Å². The molecule has 1 spiro atoms. The van der Waals surface area contributed by atoms with E-state index >= 15 is 4.39 Å². The number of rotatable bonds is 3. The van der Waals surface area contributed by atoms with Gasteiger partial charge in [-0.05, 0) is 68.1 Å². The summed E-state index contributed by atoms with van der Waals surface area (Å²) >= 11 is 0. The highest BCUT2D eigenvalue weighted by molar-refractivity contribution is 5.82. The molecule has 196 valence electrons. The summed E-state index contributed by atoms with van der Waals surface area (Å²) in [4.78, 5) is 16.7. The first-order valence-electron chi connectivity index (χ1n) is 14.4. The molecule has 2 aromatic carbocycles. The zero-order valence-electron chi connectivity index (χ0n) is 21.8. The summed E-state index contributed by atoms with van der Waals surface area (Å²) in [7, 11) is 0. The zero-order chi connectivity index (χ0) is 25.2. The fraction of sp³-hybridized carbons (Fsp3) is 0.531. The molecule has 0 bridgehead atoms. The average Bonchev–Trinajstić information content (AvgIpc) is 3.26. The highest BCUT2D eigenvalue weighted by Crippen LogP contribution is 2.42. The molecule has 1 saturated carbocycles. The number of hydrogen-bond donors (Lipinski definition) is 1. The van der Waals surface area contributed by atoms with Gasteiger partial charge in [0, 0.05) is 12.1 Å². The van der Waals surface area contributed by atoms with Gasteiger partial charge in [0.1, 0.15) is 11.7 Å². The first-order valence-corrected chi connectivity index (χ1v) is 14.4. The number of benzene rings is 2. The molecule has 0 aromatic heterocycles. The Morgan fingerprint density at radius 3 is 2.73 bits per heavy atom. The zero-order valence-corrected chi connectivity index (χ0v) is 21.8. The Morgan fingerprint density at radius 1 is 1.05 bits per heavy atom. The number of hydrogen-bond acceptors (Lipinski definition) is 2. The number of fused-ring (bicyclic) bond motifs is 2. The largest absolute Gasteiger partial charge is 0.380 e. The Balaban J connectivity index is 1.33. The van der Waals surface area contributed by atoms with Gasteiger partial charge in [-0.2, -0.15) is 0 Å². The second-order valence-corrected chi connectivity index (χ2v) is 11.6. The predicted octanol–water partition coefficient (Wildman–Crippen LogP) is 4.49. The van der Waals surface area contributed by atoms with E-state index in [1.807, 2.05) is 6.07 Å². The van der Waals surface area contributed by atoms with Crippen LogP contribution < -0.4 is 5.32 Å². The molecule has 37 heavy (non-hydrogen) atoms. The summed E-state index contributed by atoms with van der Waals surface area (Å²) < 4.78 is 21.5. The first kappa shape index (κ1) is 24.8. The minimum absolute atomic E-state index is 0.101. The third-order valence-corrected chi connectivity index (χ3v) is 9.47. The topological polar surface area (TPSA) is 46.1 Å². The smallest absolute Gasteiger partial charge is 0.233 e. The molecule has 0 radical (unpaired) electrons. The Morgan fingerprint density at radius 2 is 1.89 bits per heavy atom. The van der Waals surface area contributed by atoms with Crippen molar-refractivity contribution in [1.82, 2.24) is 4.90 Å². The van der Waals surface area contributed by atoms with Crippen molar-refractivity contribution in [3.8, 4) is 0 Å². The molecule has 1 amide bonds. The van der Waals surface area contributed by atoms with E-state index in [1.54, 1.807) is 12.1 Å². The number of carbonyl (C=O) groups is 1. The van der Waals surface area contributed by atoms with E-state index in [0.717, 1.165) is 43.4 Å². The van der Waals surface area contributed by atoms with E-state index in [9.17, 15) is 4.79 Å². The molecule has 5 heteroatoms. The SMILES string of the molecule is O=C(C1C[NH2+]CC12COCCc1cccc(F)c12)N1CCC(c2ccccc2)CC1C=C1CCCCC1. The van der Waals surface area contributed by atoms with Crippen LogP contribution in [0.15, 0.2) is 60.2 Å². The second kappa shape index (κ2) is 10.7. The molecule has 2 saturated heterocycles. The maximum Gasteiger partial charge on any atom is 0.233 e. The summed E-state index contributed by atoms with van der Waals surface area (Å²) in [5, 5.41) is 2.21. The molecule has 2 N–H and O–H groups in total. The van der Waals surface area contributed by atoms with E-state index in [-0.39, 0.29) is 23.7 Å². The maximum atomic E-state index is 15.4. The summed E-state index contributed by atoms with van der Waals surface area (Å²) in [5.74, 6) is 0.193. The van der Waals surface area contributed by atoms with Gasteiger partial charge in [0.15, 0.2) is 0 Å². The summed E-state index contributed by atoms with van der Waals surface area (Å²) in [5.41, 5.74) is 4.04. The van der Waals surface area contributed by atoms with Gasteiger partial charge >= 0.3 is 0 Å². The Hall–Kier alpha value is -2.50. The number of nitrogens with two attached hydrogens (primary N) is 1. The lowest BCUT2D eigenvalue weighted by Crippen LogP contribution is -2.82. The third-order valence-electron chi connectivity index (χ3n) is 9.47. The van der Waals surface area contributed by atoms with Gasteiger partial charge in [0.05, 0.1) is 37.8 Å². The number of ether oxygens (including phenoxy) is 1. The average molecular weight is 504 g/mol. The summed E-state index contributed by atoms with van der Waals surface area (Å²) in [6.07, 6.45) is 11.2. The van der Waals surface area contributed by atoms with E-state index < -0.39 is 5.41 Å². The van der Waals surface area contributed by atoms with Crippen molar-refractivity contribution >= 4 is 5.91 Å². The Labute approximate surface area is 220 Å². The van der Waals surface area contributed by atoms with Crippen LogP contribution in [0.25, 0.3) is 0 Å². The monoisotopic (exact) mass is 503 g/mol. The standard InChI is InChI=1S/C32H39FN2O2/c33-29-13-7-12-25-15-17-37-22-32(30(25)29)21-34-20-28(32)31(36)35-16-14-26(24-10-5-2-6-11-24)19-27(35)18-23-8-3-1-4-9-23/h2,5-7,10-13,18,26-28,34H,1,3-4,8-9,14-17,19-22H2/p+1. The minimum atomic E-state index is -0.604. The molecule has 1 aliphatic carbocycles. The maximum absolute atomic E-state index is 15.4. The van der Waals surface area contributed by atoms with Crippen molar-refractivity contribution in [2.75, 3.05) is 32.8 Å². The normalized spacial score (nSPS) is 30.1. The fourth-order valence-electron chi connectivity index (χ4n) is 7.59. The van der Waals surface area contributed by atoms with Gasteiger partial charge in [-0.15, -0.1) is 0 Å². The molecule has 3 fully saturated rings. The molecule has 6 rings (SSSR count). The Bertz CT molecular complexity index is 1140. The van der Waals surface area contributed by atoms with Crippen molar-refractivity contribution in [3.05, 3.63) is 82.7 Å². The molecule has 4 nitrogen and oxygen atoms in total. The number of allylic oxidation sites excluding steroid dienone is 1. The molecular formula is C32H40FN2O2+. The van der Waals surface area contributed by atoms with Crippen LogP contribution in [0.2, 0.25) is 0 Å². The molecular weight excluding hydrogens is 463 g/mol. The van der Waals surface area contributed by atoms with Crippen LogP contribution in [0.5, 0.6) is 0 Å². The number of halogens is 1. The van der Waals surface area contributed by atoms with Crippen LogP contribution in [0.4, 0.5) is 4.39 Å². The van der Waals surface area contributed by atoms with Crippen molar-refractivity contribution in [3.63, 3.8) is 0 Å². The van der Waals surface area contributed by atoms with Gasteiger partial charge in [0.2, 0.25) is 5.91 Å². The third kappa shape index (κ3) is 4.77. The van der Waals surface area contributed by atoms with Gasteiger partial charge in [0.25, 0.3) is 0 Å². The Kier molecular flexibility index (Phi) is 7.18. The fourth-order valence-corrected chi connectivity index (χ4v) is 7.59. The van der Waals surface area contributed by atoms with Gasteiger partial charge < -0.3 is 15.0 Å². The highest BCUT2D eigenvalue weighted by atomic mass is 19.1. The lowest BCUT2D eigenvalue weighted by Gasteiger charge is -2.42. The van der Waals surface area contributed by atoms with Crippen LogP contribution in [-0.2, 0) is 21.4 Å². The molecule has 4 aliphatic rings. The van der Waals surface area contributed by atoms with Crippen molar-refractivity contribution < 1.29 is 19.2 Å². The van der Waals surface area contributed by atoms with Crippen LogP contribution in [0.3, 0.4) is 0 Å². The van der Waals surface area contributed by atoms with E-state index in [0.29, 0.717) is 38.6 Å². The van der Waals surface area contributed by atoms with Crippen LogP contribution >= 0.6 is 0 Å². The lowest BCUT2D eigenvalue weighted by molar-refractivity contribution is -0.640. The lowest BCUT2D eigenvalue weighted by atomic mass is 9.70. The van der Waals surface area contributed by atoms with Crippen LogP contribution in [-0.4, -0.2) is 49.7 Å². The number of likely N-dealkylation sites (tertiary alicyclic amines) is 1. The quantitative estimate of drug-likeness (QED) is 0.628. The molecule has 3 heterocycles. The van der Waals surface area contributed by atoms with E-state index in [4.69, 9.17) is 4.74 Å².